The van der Waals surface area contributed by atoms with Gasteiger partial charge in [-0.25, -0.2) is 4.99 Å². The Morgan fingerprint density at radius 2 is 1.42 bits per heavy atom. The van der Waals surface area contributed by atoms with Crippen molar-refractivity contribution in [3.8, 4) is 0 Å². The van der Waals surface area contributed by atoms with Crippen LogP contribution in [-0.4, -0.2) is 5.71 Å². The Balaban J connectivity index is 1.84. The molecule has 0 saturated heterocycles. The van der Waals surface area contributed by atoms with Gasteiger partial charge in [0.1, 0.15) is 0 Å². The summed E-state index contributed by atoms with van der Waals surface area (Å²) in [5.74, 6) is 0. The van der Waals surface area contributed by atoms with Gasteiger partial charge in [-0.1, -0.05) is 78.0 Å². The van der Waals surface area contributed by atoms with Crippen LogP contribution in [0.1, 0.15) is 11.1 Å². The first kappa shape index (κ1) is 16.3. The van der Waals surface area contributed by atoms with Gasteiger partial charge in [0.15, 0.2) is 0 Å². The maximum atomic E-state index is 4.79. The lowest BCUT2D eigenvalue weighted by Gasteiger charge is -2.03. The molecule has 0 aromatic heterocycles. The second-order valence-electron chi connectivity index (χ2n) is 5.43. The van der Waals surface area contributed by atoms with Crippen LogP contribution >= 0.6 is 11.8 Å². The maximum absolute atomic E-state index is 4.79. The van der Waals surface area contributed by atoms with Crippen LogP contribution in [0.3, 0.4) is 0 Å². The fourth-order valence-corrected chi connectivity index (χ4v) is 2.89. The minimum Gasteiger partial charge on any atom is -0.248 e. The summed E-state index contributed by atoms with van der Waals surface area (Å²) in [6, 6.07) is 28.9. The average molecular weight is 329 g/mol. The van der Waals surface area contributed by atoms with Gasteiger partial charge < -0.3 is 0 Å². The molecule has 0 aliphatic carbocycles. The van der Waals surface area contributed by atoms with Crippen LogP contribution in [0, 0.1) is 6.92 Å². The molecule has 0 heterocycles. The molecule has 118 valence electrons. The van der Waals surface area contributed by atoms with E-state index in [4.69, 9.17) is 4.99 Å². The quantitative estimate of drug-likeness (QED) is 0.388. The highest BCUT2D eigenvalue weighted by Crippen LogP contribution is 2.21. The summed E-state index contributed by atoms with van der Waals surface area (Å²) in [4.78, 5) is 6.02. The van der Waals surface area contributed by atoms with Gasteiger partial charge in [0.2, 0.25) is 0 Å². The summed E-state index contributed by atoms with van der Waals surface area (Å²) in [7, 11) is 0. The number of hydrogen-bond acceptors (Lipinski definition) is 2. The van der Waals surface area contributed by atoms with Crippen molar-refractivity contribution >= 4 is 23.2 Å². The molecule has 0 saturated carbocycles. The lowest BCUT2D eigenvalue weighted by molar-refractivity contribution is 1.38. The molecule has 0 radical (unpaired) electrons. The zero-order chi connectivity index (χ0) is 16.6. The van der Waals surface area contributed by atoms with Gasteiger partial charge in [-0.05, 0) is 42.7 Å². The van der Waals surface area contributed by atoms with Crippen molar-refractivity contribution in [2.75, 3.05) is 0 Å². The molecule has 0 N–H and O–H groups in total. The fourth-order valence-electron chi connectivity index (χ4n) is 2.24. The third kappa shape index (κ3) is 4.71. The molecule has 2 heteroatoms. The summed E-state index contributed by atoms with van der Waals surface area (Å²) in [5, 5.41) is 2.10. The first-order valence-electron chi connectivity index (χ1n) is 7.90. The van der Waals surface area contributed by atoms with Crippen LogP contribution in [0.15, 0.2) is 106 Å². The van der Waals surface area contributed by atoms with Crippen LogP contribution < -0.4 is 0 Å². The number of aliphatic imine (C=N–C) groups is 1. The summed E-state index contributed by atoms with van der Waals surface area (Å²) in [5.41, 5.74) is 4.31. The number of rotatable bonds is 5. The topological polar surface area (TPSA) is 12.4 Å². The molecule has 3 aromatic carbocycles. The van der Waals surface area contributed by atoms with E-state index in [1.165, 1.54) is 10.5 Å². The van der Waals surface area contributed by atoms with E-state index in [2.05, 4.69) is 54.8 Å². The van der Waals surface area contributed by atoms with E-state index in [9.17, 15) is 0 Å². The lowest BCUT2D eigenvalue weighted by atomic mass is 10.1. The Hall–Kier alpha value is -2.58. The number of aryl methyl sites for hydroxylation is 1. The normalized spacial score (nSPS) is 11.8. The molecule has 1 nitrogen and oxygen atoms in total. The molecule has 3 aromatic rings. The van der Waals surface area contributed by atoms with Gasteiger partial charge >= 0.3 is 0 Å². The van der Waals surface area contributed by atoms with Crippen molar-refractivity contribution < 1.29 is 0 Å². The monoisotopic (exact) mass is 329 g/mol. The van der Waals surface area contributed by atoms with Crippen molar-refractivity contribution in [1.29, 1.82) is 0 Å². The van der Waals surface area contributed by atoms with E-state index in [1.54, 1.807) is 11.8 Å². The van der Waals surface area contributed by atoms with Crippen LogP contribution in [0.25, 0.3) is 0 Å². The van der Waals surface area contributed by atoms with Crippen LogP contribution in [0.5, 0.6) is 0 Å². The Morgan fingerprint density at radius 1 is 0.792 bits per heavy atom. The smallest absolute Gasteiger partial charge is 0.0714 e. The first-order valence-corrected chi connectivity index (χ1v) is 8.78. The summed E-state index contributed by atoms with van der Waals surface area (Å²) < 4.78 is 0. The van der Waals surface area contributed by atoms with E-state index in [-0.39, 0.29) is 0 Å². The molecule has 0 bridgehead atoms. The number of nitrogens with zero attached hydrogens (tertiary/aromatic N) is 1. The molecule has 0 spiro atoms. The number of allylic oxidation sites excluding steroid dienone is 1. The van der Waals surface area contributed by atoms with E-state index < -0.39 is 0 Å². The van der Waals surface area contributed by atoms with E-state index in [0.29, 0.717) is 0 Å². The first-order chi connectivity index (χ1) is 11.8. The van der Waals surface area contributed by atoms with Crippen molar-refractivity contribution in [2.24, 2.45) is 4.99 Å². The largest absolute Gasteiger partial charge is 0.248 e. The van der Waals surface area contributed by atoms with Gasteiger partial charge in [-0.2, -0.15) is 0 Å². The predicted molar refractivity (Wildman–Crippen MR) is 105 cm³/mol. The van der Waals surface area contributed by atoms with Gasteiger partial charge in [-0.15, -0.1) is 0 Å². The minimum absolute atomic E-state index is 0.960. The predicted octanol–water partition coefficient (Wildman–Crippen LogP) is 6.42. The zero-order valence-electron chi connectivity index (χ0n) is 13.6. The molecule has 0 fully saturated rings. The molecule has 24 heavy (non-hydrogen) atoms. The van der Waals surface area contributed by atoms with Crippen molar-refractivity contribution in [2.45, 2.75) is 11.8 Å². The van der Waals surface area contributed by atoms with Crippen molar-refractivity contribution in [3.05, 3.63) is 108 Å². The summed E-state index contributed by atoms with van der Waals surface area (Å²) >= 11 is 1.70. The number of thioether (sulfide) groups is 1. The average Bonchev–Trinajstić information content (AvgIpc) is 2.64. The van der Waals surface area contributed by atoms with Gasteiger partial charge in [0, 0.05) is 10.5 Å². The van der Waals surface area contributed by atoms with E-state index in [0.717, 1.165) is 17.0 Å². The van der Waals surface area contributed by atoms with Crippen LogP contribution in [0.4, 0.5) is 5.69 Å². The van der Waals surface area contributed by atoms with E-state index >= 15 is 0 Å². The van der Waals surface area contributed by atoms with Gasteiger partial charge in [-0.3, -0.25) is 0 Å². The maximum Gasteiger partial charge on any atom is 0.0714 e. The SMILES string of the molecule is Cc1ccc(SC=CC(=Nc2ccccc2)c2ccccc2)cc1. The van der Waals surface area contributed by atoms with Crippen LogP contribution in [0.2, 0.25) is 0 Å². The highest BCUT2D eigenvalue weighted by molar-refractivity contribution is 8.02. The Bertz CT molecular complexity index is 819. The number of hydrogen-bond donors (Lipinski definition) is 0. The van der Waals surface area contributed by atoms with Crippen LogP contribution in [-0.2, 0) is 0 Å². The lowest BCUT2D eigenvalue weighted by Crippen LogP contribution is -1.95. The molecule has 0 amide bonds. The van der Waals surface area contributed by atoms with Gasteiger partial charge in [0.25, 0.3) is 0 Å². The van der Waals surface area contributed by atoms with Crippen molar-refractivity contribution in [1.82, 2.24) is 0 Å². The number of benzene rings is 3. The second kappa shape index (κ2) is 8.32. The highest BCUT2D eigenvalue weighted by atomic mass is 32.2. The molecular formula is C22H19NS. The summed E-state index contributed by atoms with van der Waals surface area (Å²) in [6.07, 6.45) is 2.08. The Kier molecular flexibility index (Phi) is 5.65. The van der Waals surface area contributed by atoms with Crippen molar-refractivity contribution in [3.63, 3.8) is 0 Å². The molecule has 3 rings (SSSR count). The number of para-hydroxylation sites is 1. The third-order valence-electron chi connectivity index (χ3n) is 3.53. The van der Waals surface area contributed by atoms with E-state index in [1.807, 2.05) is 48.5 Å². The molecule has 0 aliphatic heterocycles. The third-order valence-corrected chi connectivity index (χ3v) is 4.34. The van der Waals surface area contributed by atoms with Gasteiger partial charge in [0.05, 0.1) is 11.4 Å². The minimum atomic E-state index is 0.960. The highest BCUT2D eigenvalue weighted by Gasteiger charge is 2.00. The molecule has 0 aliphatic rings. The second-order valence-corrected chi connectivity index (χ2v) is 6.41. The standard InChI is InChI=1S/C22H19NS/c1-18-12-14-21(15-13-18)24-17-16-22(19-8-4-2-5-9-19)23-20-10-6-3-7-11-20/h2-17H,1H3. The zero-order valence-corrected chi connectivity index (χ0v) is 14.4. The Morgan fingerprint density at radius 3 is 2.08 bits per heavy atom. The Labute approximate surface area is 147 Å². The molecular weight excluding hydrogens is 310 g/mol. The summed E-state index contributed by atoms with van der Waals surface area (Å²) in [6.45, 7) is 2.10. The fraction of sp³-hybridized carbons (Fsp3) is 0.0455. The molecule has 0 atom stereocenters. The molecule has 0 unspecified atom stereocenters.